The highest BCUT2D eigenvalue weighted by molar-refractivity contribution is 6.40. The van der Waals surface area contributed by atoms with E-state index in [1.807, 2.05) is 0 Å². The molecule has 88 valence electrons. The van der Waals surface area contributed by atoms with Gasteiger partial charge in [-0.1, -0.05) is 0 Å². The molecule has 0 saturated heterocycles. The third kappa shape index (κ3) is 2.18. The fourth-order valence-corrected chi connectivity index (χ4v) is 1.69. The van der Waals surface area contributed by atoms with E-state index in [1.54, 1.807) is 19.1 Å². The molecule has 0 fully saturated rings. The summed E-state index contributed by atoms with van der Waals surface area (Å²) >= 11 is 0. The molecule has 0 saturated carbocycles. The van der Waals surface area contributed by atoms with Gasteiger partial charge in [0.1, 0.15) is 0 Å². The summed E-state index contributed by atoms with van der Waals surface area (Å²) in [5, 5.41) is 2.65. The molecule has 1 aromatic rings. The van der Waals surface area contributed by atoms with E-state index in [0.717, 1.165) is 5.56 Å². The Labute approximate surface area is 97.8 Å². The van der Waals surface area contributed by atoms with Crippen molar-refractivity contribution < 1.29 is 19.1 Å². The Morgan fingerprint density at radius 1 is 1.41 bits per heavy atom. The highest BCUT2D eigenvalue weighted by Crippen LogP contribution is 2.24. The van der Waals surface area contributed by atoms with Crippen molar-refractivity contribution in [3.05, 3.63) is 29.3 Å². The molecule has 5 heteroatoms. The van der Waals surface area contributed by atoms with Crippen LogP contribution in [0.15, 0.2) is 18.2 Å². The zero-order valence-corrected chi connectivity index (χ0v) is 9.28. The molecular formula is C12H11NO4. The first-order valence-corrected chi connectivity index (χ1v) is 5.26. The number of Topliss-reactive ketones (excluding diaryl/α,β-unsaturated/α-hetero) is 1. The smallest absolute Gasteiger partial charge is 0.379 e. The predicted molar refractivity (Wildman–Crippen MR) is 59.7 cm³/mol. The van der Waals surface area contributed by atoms with Gasteiger partial charge in [0.05, 0.1) is 13.0 Å². The van der Waals surface area contributed by atoms with Gasteiger partial charge in [0, 0.05) is 11.3 Å². The number of amides is 1. The summed E-state index contributed by atoms with van der Waals surface area (Å²) in [6.45, 7) is 1.80. The van der Waals surface area contributed by atoms with Crippen molar-refractivity contribution in [1.82, 2.24) is 0 Å². The molecular weight excluding hydrogens is 222 g/mol. The Hall–Kier alpha value is -2.17. The number of ketones is 1. The Kier molecular flexibility index (Phi) is 2.91. The van der Waals surface area contributed by atoms with Gasteiger partial charge in [-0.25, -0.2) is 4.79 Å². The molecule has 1 N–H and O–H groups in total. The molecule has 1 aliphatic heterocycles. The van der Waals surface area contributed by atoms with Crippen LogP contribution in [-0.2, 0) is 20.7 Å². The lowest BCUT2D eigenvalue weighted by atomic mass is 10.1. The lowest BCUT2D eigenvalue weighted by Crippen LogP contribution is -2.17. The maximum Gasteiger partial charge on any atom is 0.379 e. The van der Waals surface area contributed by atoms with E-state index in [0.29, 0.717) is 5.69 Å². The zero-order valence-electron chi connectivity index (χ0n) is 9.28. The minimum atomic E-state index is -0.871. The van der Waals surface area contributed by atoms with Crippen LogP contribution in [0.25, 0.3) is 0 Å². The summed E-state index contributed by atoms with van der Waals surface area (Å²) in [6, 6.07) is 4.67. The second-order valence-corrected chi connectivity index (χ2v) is 3.65. The molecule has 1 amide bonds. The molecule has 0 spiro atoms. The van der Waals surface area contributed by atoms with Crippen LogP contribution in [0.4, 0.5) is 5.69 Å². The van der Waals surface area contributed by atoms with Gasteiger partial charge in [-0.2, -0.15) is 0 Å². The van der Waals surface area contributed by atoms with Gasteiger partial charge in [0.15, 0.2) is 0 Å². The number of benzene rings is 1. The molecule has 1 aliphatic rings. The highest BCUT2D eigenvalue weighted by Gasteiger charge is 2.22. The van der Waals surface area contributed by atoms with Gasteiger partial charge >= 0.3 is 5.97 Å². The van der Waals surface area contributed by atoms with E-state index in [4.69, 9.17) is 0 Å². The molecule has 0 radical (unpaired) electrons. The molecule has 0 bridgehead atoms. The third-order valence-corrected chi connectivity index (χ3v) is 2.45. The van der Waals surface area contributed by atoms with Crippen LogP contribution in [0.5, 0.6) is 0 Å². The van der Waals surface area contributed by atoms with Crippen LogP contribution in [0.3, 0.4) is 0 Å². The normalized spacial score (nSPS) is 12.9. The maximum atomic E-state index is 11.6. The van der Waals surface area contributed by atoms with Crippen molar-refractivity contribution in [2.45, 2.75) is 13.3 Å². The van der Waals surface area contributed by atoms with E-state index in [9.17, 15) is 14.4 Å². The molecule has 17 heavy (non-hydrogen) atoms. The quantitative estimate of drug-likeness (QED) is 0.479. The summed E-state index contributed by atoms with van der Waals surface area (Å²) < 4.78 is 4.63. The minimum absolute atomic E-state index is 0.110. The Balaban J connectivity index is 2.24. The van der Waals surface area contributed by atoms with Crippen molar-refractivity contribution in [2.75, 3.05) is 11.9 Å². The van der Waals surface area contributed by atoms with Crippen LogP contribution in [0.2, 0.25) is 0 Å². The van der Waals surface area contributed by atoms with Crippen molar-refractivity contribution in [2.24, 2.45) is 0 Å². The SMILES string of the molecule is CCOC(=O)C(=O)c1ccc2c(c1)CC(=O)N2. The minimum Gasteiger partial charge on any atom is -0.460 e. The zero-order chi connectivity index (χ0) is 12.4. The number of anilines is 1. The summed E-state index contributed by atoms with van der Waals surface area (Å²) in [5.74, 6) is -1.67. The summed E-state index contributed by atoms with van der Waals surface area (Å²) in [4.78, 5) is 34.0. The summed E-state index contributed by atoms with van der Waals surface area (Å²) in [7, 11) is 0. The van der Waals surface area contributed by atoms with Gasteiger partial charge < -0.3 is 10.1 Å². The number of ether oxygens (including phenoxy) is 1. The number of nitrogens with one attached hydrogen (secondary N) is 1. The molecule has 1 heterocycles. The first kappa shape index (κ1) is 11.3. The van der Waals surface area contributed by atoms with Crippen molar-refractivity contribution in [3.63, 3.8) is 0 Å². The summed E-state index contributed by atoms with van der Waals surface area (Å²) in [5.41, 5.74) is 1.67. The standard InChI is InChI=1S/C12H11NO4/c1-2-17-12(16)11(15)7-3-4-9-8(5-7)6-10(14)13-9/h3-5H,2,6H2,1H3,(H,13,14). The number of fused-ring (bicyclic) bond motifs is 1. The second-order valence-electron chi connectivity index (χ2n) is 3.65. The van der Waals surface area contributed by atoms with Crippen LogP contribution in [-0.4, -0.2) is 24.3 Å². The molecule has 1 aromatic carbocycles. The predicted octanol–water partition coefficient (Wildman–Crippen LogP) is 0.927. The fourth-order valence-electron chi connectivity index (χ4n) is 1.69. The molecule has 0 aromatic heterocycles. The lowest BCUT2D eigenvalue weighted by molar-refractivity contribution is -0.137. The topological polar surface area (TPSA) is 72.5 Å². The van der Waals surface area contributed by atoms with Gasteiger partial charge in [-0.15, -0.1) is 0 Å². The van der Waals surface area contributed by atoms with Crippen molar-refractivity contribution in [1.29, 1.82) is 0 Å². The Bertz CT molecular complexity index is 507. The monoisotopic (exact) mass is 233 g/mol. The van der Waals surface area contributed by atoms with Gasteiger partial charge in [0.25, 0.3) is 5.78 Å². The summed E-state index contributed by atoms with van der Waals surface area (Å²) in [6.07, 6.45) is 0.235. The fraction of sp³-hybridized carbons (Fsp3) is 0.250. The van der Waals surface area contributed by atoms with E-state index >= 15 is 0 Å². The van der Waals surface area contributed by atoms with E-state index in [-0.39, 0.29) is 24.5 Å². The van der Waals surface area contributed by atoms with E-state index < -0.39 is 11.8 Å². The number of carbonyl (C=O) groups is 3. The molecule has 5 nitrogen and oxygen atoms in total. The van der Waals surface area contributed by atoms with Crippen molar-refractivity contribution >= 4 is 23.3 Å². The molecule has 0 unspecified atom stereocenters. The van der Waals surface area contributed by atoms with Crippen LogP contribution >= 0.6 is 0 Å². The average molecular weight is 233 g/mol. The largest absolute Gasteiger partial charge is 0.460 e. The van der Waals surface area contributed by atoms with Crippen LogP contribution < -0.4 is 5.32 Å². The first-order chi connectivity index (χ1) is 8.11. The van der Waals surface area contributed by atoms with E-state index in [2.05, 4.69) is 10.1 Å². The molecule has 2 rings (SSSR count). The molecule has 0 atom stereocenters. The maximum absolute atomic E-state index is 11.6. The number of hydrogen-bond acceptors (Lipinski definition) is 4. The lowest BCUT2D eigenvalue weighted by Gasteiger charge is -2.03. The highest BCUT2D eigenvalue weighted by atomic mass is 16.5. The first-order valence-electron chi connectivity index (χ1n) is 5.26. The number of carbonyl (C=O) groups excluding carboxylic acids is 3. The molecule has 0 aliphatic carbocycles. The van der Waals surface area contributed by atoms with Gasteiger partial charge in [0.2, 0.25) is 5.91 Å². The van der Waals surface area contributed by atoms with Crippen molar-refractivity contribution in [3.8, 4) is 0 Å². The Morgan fingerprint density at radius 3 is 2.88 bits per heavy atom. The van der Waals surface area contributed by atoms with Crippen LogP contribution in [0, 0.1) is 0 Å². The van der Waals surface area contributed by atoms with Crippen LogP contribution in [0.1, 0.15) is 22.8 Å². The van der Waals surface area contributed by atoms with Gasteiger partial charge in [-0.05, 0) is 30.7 Å². The second kappa shape index (κ2) is 4.37. The van der Waals surface area contributed by atoms with E-state index in [1.165, 1.54) is 6.07 Å². The third-order valence-electron chi connectivity index (χ3n) is 2.45. The number of rotatable bonds is 3. The average Bonchev–Trinajstić information content (AvgIpc) is 2.67. The number of hydrogen-bond donors (Lipinski definition) is 1. The Morgan fingerprint density at radius 2 is 2.18 bits per heavy atom. The van der Waals surface area contributed by atoms with Gasteiger partial charge in [-0.3, -0.25) is 9.59 Å². The number of esters is 1.